The zero-order chi connectivity index (χ0) is 20.6. The van der Waals surface area contributed by atoms with Crippen molar-refractivity contribution in [2.45, 2.75) is 12.7 Å². The Kier molecular flexibility index (Phi) is 4.92. The Labute approximate surface area is 165 Å². The van der Waals surface area contributed by atoms with Gasteiger partial charge in [-0.15, -0.1) is 10.2 Å². The maximum absolute atomic E-state index is 13.3. The molecule has 0 saturated heterocycles. The first-order valence-corrected chi connectivity index (χ1v) is 9.00. The van der Waals surface area contributed by atoms with E-state index in [0.717, 1.165) is 34.9 Å². The highest BCUT2D eigenvalue weighted by atomic mass is 19.4. The van der Waals surface area contributed by atoms with Gasteiger partial charge in [-0.05, 0) is 59.6 Å². The monoisotopic (exact) mass is 399 g/mol. The smallest absolute Gasteiger partial charge is 0.298 e. The van der Waals surface area contributed by atoms with Crippen molar-refractivity contribution in [2.24, 2.45) is 0 Å². The standard InChI is InChI=1S/C22H17F4N3/c1-29-11-10-19(14-2-5-17(23)6-3-14)18-7-4-15(12-16(18)13-29)20-8-9-21(28-27-20)22(24,25)26/h2-10,12H,11,13H2,1H3. The van der Waals surface area contributed by atoms with Gasteiger partial charge in [-0.3, -0.25) is 4.90 Å². The lowest BCUT2D eigenvalue weighted by atomic mass is 9.92. The SMILES string of the molecule is CN1CC=C(c2ccc(F)cc2)c2ccc(-c3ccc(C(F)(F)F)nn3)cc2C1. The van der Waals surface area contributed by atoms with E-state index < -0.39 is 11.9 Å². The number of likely N-dealkylation sites (N-methyl/N-ethyl adjacent to an activating group) is 1. The lowest BCUT2D eigenvalue weighted by molar-refractivity contribution is -0.141. The van der Waals surface area contributed by atoms with Gasteiger partial charge in [-0.1, -0.05) is 30.3 Å². The zero-order valence-corrected chi connectivity index (χ0v) is 15.5. The third kappa shape index (κ3) is 4.05. The molecule has 2 heterocycles. The molecule has 1 aromatic heterocycles. The predicted octanol–water partition coefficient (Wildman–Crippen LogP) is 5.18. The van der Waals surface area contributed by atoms with E-state index in [2.05, 4.69) is 21.2 Å². The molecule has 148 valence electrons. The summed E-state index contributed by atoms with van der Waals surface area (Å²) in [5.41, 5.74) is 3.97. The fraction of sp³-hybridized carbons (Fsp3) is 0.182. The van der Waals surface area contributed by atoms with Gasteiger partial charge in [0, 0.05) is 18.7 Å². The maximum atomic E-state index is 13.3. The second kappa shape index (κ2) is 7.40. The molecule has 2 aromatic carbocycles. The number of rotatable bonds is 2. The normalized spacial score (nSPS) is 14.9. The lowest BCUT2D eigenvalue weighted by Gasteiger charge is -2.15. The number of benzene rings is 2. The van der Waals surface area contributed by atoms with Crippen LogP contribution in [0.15, 0.2) is 60.7 Å². The van der Waals surface area contributed by atoms with Crippen LogP contribution in [0.1, 0.15) is 22.4 Å². The van der Waals surface area contributed by atoms with Crippen LogP contribution in [0.2, 0.25) is 0 Å². The Morgan fingerprint density at radius 1 is 0.897 bits per heavy atom. The van der Waals surface area contributed by atoms with Crippen molar-refractivity contribution in [3.63, 3.8) is 0 Å². The Morgan fingerprint density at radius 3 is 2.28 bits per heavy atom. The highest BCUT2D eigenvalue weighted by Gasteiger charge is 2.33. The molecule has 0 saturated carbocycles. The fourth-order valence-electron chi connectivity index (χ4n) is 3.40. The topological polar surface area (TPSA) is 29.0 Å². The number of aromatic nitrogens is 2. The van der Waals surface area contributed by atoms with Crippen molar-refractivity contribution in [3.05, 3.63) is 88.9 Å². The summed E-state index contributed by atoms with van der Waals surface area (Å²) in [4.78, 5) is 2.12. The molecule has 3 nitrogen and oxygen atoms in total. The molecule has 0 unspecified atom stereocenters. The minimum Gasteiger partial charge on any atom is -0.298 e. The third-order valence-electron chi connectivity index (χ3n) is 4.85. The van der Waals surface area contributed by atoms with Crippen molar-refractivity contribution in [1.29, 1.82) is 0 Å². The molecule has 0 radical (unpaired) electrons. The van der Waals surface area contributed by atoms with Crippen molar-refractivity contribution >= 4 is 5.57 Å². The van der Waals surface area contributed by atoms with E-state index in [0.29, 0.717) is 17.8 Å². The summed E-state index contributed by atoms with van der Waals surface area (Å²) in [7, 11) is 1.98. The zero-order valence-electron chi connectivity index (χ0n) is 15.5. The number of fused-ring (bicyclic) bond motifs is 1. The fourth-order valence-corrected chi connectivity index (χ4v) is 3.40. The average Bonchev–Trinajstić information content (AvgIpc) is 2.86. The Bertz CT molecular complexity index is 1050. The molecule has 7 heteroatoms. The summed E-state index contributed by atoms with van der Waals surface area (Å²) in [5.74, 6) is -0.295. The van der Waals surface area contributed by atoms with Crippen LogP contribution >= 0.6 is 0 Å². The summed E-state index contributed by atoms with van der Waals surface area (Å²) in [5, 5.41) is 7.06. The molecule has 3 aromatic rings. The molecular weight excluding hydrogens is 382 g/mol. The number of halogens is 4. The first-order valence-electron chi connectivity index (χ1n) is 9.00. The number of nitrogens with zero attached hydrogens (tertiary/aromatic N) is 3. The Balaban J connectivity index is 1.74. The quantitative estimate of drug-likeness (QED) is 0.556. The third-order valence-corrected chi connectivity index (χ3v) is 4.85. The molecule has 0 N–H and O–H groups in total. The number of hydrogen-bond donors (Lipinski definition) is 0. The number of alkyl halides is 3. The molecule has 4 rings (SSSR count). The molecule has 29 heavy (non-hydrogen) atoms. The summed E-state index contributed by atoms with van der Waals surface area (Å²) in [6, 6.07) is 14.3. The molecule has 1 aliphatic heterocycles. The van der Waals surface area contributed by atoms with E-state index in [9.17, 15) is 17.6 Å². The van der Waals surface area contributed by atoms with E-state index in [-0.39, 0.29) is 5.82 Å². The highest BCUT2D eigenvalue weighted by Crippen LogP contribution is 2.33. The first-order chi connectivity index (χ1) is 13.8. The minimum absolute atomic E-state index is 0.295. The molecule has 0 atom stereocenters. The molecule has 0 aliphatic carbocycles. The van der Waals surface area contributed by atoms with E-state index in [1.54, 1.807) is 12.1 Å². The Hall–Kier alpha value is -3.06. The first kappa shape index (κ1) is 19.3. The second-order valence-electron chi connectivity index (χ2n) is 6.99. The van der Waals surface area contributed by atoms with Crippen molar-refractivity contribution in [3.8, 4) is 11.3 Å². The molecule has 0 bridgehead atoms. The van der Waals surface area contributed by atoms with Crippen LogP contribution in [-0.2, 0) is 12.7 Å². The van der Waals surface area contributed by atoms with Crippen LogP contribution in [0.4, 0.5) is 17.6 Å². The van der Waals surface area contributed by atoms with Gasteiger partial charge in [-0.2, -0.15) is 13.2 Å². The predicted molar refractivity (Wildman–Crippen MR) is 102 cm³/mol. The van der Waals surface area contributed by atoms with Gasteiger partial charge in [0.15, 0.2) is 5.69 Å². The summed E-state index contributed by atoms with van der Waals surface area (Å²) < 4.78 is 51.5. The van der Waals surface area contributed by atoms with Crippen molar-refractivity contribution < 1.29 is 17.6 Å². The average molecular weight is 399 g/mol. The summed E-state index contributed by atoms with van der Waals surface area (Å²) in [6.45, 7) is 1.38. The van der Waals surface area contributed by atoms with Crippen LogP contribution in [0.5, 0.6) is 0 Å². The van der Waals surface area contributed by atoms with Gasteiger partial charge in [0.2, 0.25) is 0 Å². The van der Waals surface area contributed by atoms with Gasteiger partial charge in [0.25, 0.3) is 0 Å². The summed E-state index contributed by atoms with van der Waals surface area (Å²) in [6.07, 6.45) is -2.42. The van der Waals surface area contributed by atoms with E-state index in [4.69, 9.17) is 0 Å². The van der Waals surface area contributed by atoms with Gasteiger partial charge >= 0.3 is 6.18 Å². The highest BCUT2D eigenvalue weighted by molar-refractivity contribution is 5.83. The van der Waals surface area contributed by atoms with Crippen LogP contribution in [0, 0.1) is 5.82 Å². The molecule has 1 aliphatic rings. The Morgan fingerprint density at radius 2 is 1.62 bits per heavy atom. The van der Waals surface area contributed by atoms with Gasteiger partial charge in [-0.25, -0.2) is 4.39 Å². The van der Waals surface area contributed by atoms with Gasteiger partial charge < -0.3 is 0 Å². The molecule has 0 amide bonds. The number of hydrogen-bond acceptors (Lipinski definition) is 3. The summed E-state index contributed by atoms with van der Waals surface area (Å²) >= 11 is 0. The lowest BCUT2D eigenvalue weighted by Crippen LogP contribution is -2.16. The van der Waals surface area contributed by atoms with Crippen LogP contribution < -0.4 is 0 Å². The van der Waals surface area contributed by atoms with Crippen LogP contribution in [-0.4, -0.2) is 28.7 Å². The van der Waals surface area contributed by atoms with Gasteiger partial charge in [0.05, 0.1) is 5.69 Å². The largest absolute Gasteiger partial charge is 0.435 e. The van der Waals surface area contributed by atoms with E-state index >= 15 is 0 Å². The second-order valence-corrected chi connectivity index (χ2v) is 6.99. The maximum Gasteiger partial charge on any atom is 0.435 e. The van der Waals surface area contributed by atoms with Crippen LogP contribution in [0.25, 0.3) is 16.8 Å². The van der Waals surface area contributed by atoms with E-state index in [1.165, 1.54) is 18.2 Å². The molecule has 0 fully saturated rings. The van der Waals surface area contributed by atoms with Crippen molar-refractivity contribution in [2.75, 3.05) is 13.6 Å². The van der Waals surface area contributed by atoms with Gasteiger partial charge in [0.1, 0.15) is 5.82 Å². The molecular formula is C22H17F4N3. The minimum atomic E-state index is -4.52. The molecule has 0 spiro atoms. The van der Waals surface area contributed by atoms with E-state index in [1.807, 2.05) is 25.2 Å². The van der Waals surface area contributed by atoms with Crippen molar-refractivity contribution in [1.82, 2.24) is 15.1 Å². The van der Waals surface area contributed by atoms with Crippen LogP contribution in [0.3, 0.4) is 0 Å².